The summed E-state index contributed by atoms with van der Waals surface area (Å²) in [5.41, 5.74) is 0.556. The average molecular weight is 417 g/mol. The van der Waals surface area contributed by atoms with Crippen molar-refractivity contribution in [3.05, 3.63) is 65.9 Å². The predicted octanol–water partition coefficient (Wildman–Crippen LogP) is 4.46. The van der Waals surface area contributed by atoms with Crippen molar-refractivity contribution in [2.24, 2.45) is 0 Å². The third kappa shape index (κ3) is 4.64. The SMILES string of the molecule is CCN(CC(=O)Nc1ccccc1C(F)(F)F)C(=O)Cn1c(C)cc2ccccc21. The van der Waals surface area contributed by atoms with Crippen LogP contribution in [-0.2, 0) is 22.3 Å². The number of nitrogens with zero attached hydrogens (tertiary/aromatic N) is 2. The molecule has 0 unspecified atom stereocenters. The third-order valence-corrected chi connectivity index (χ3v) is 4.89. The number of nitrogens with one attached hydrogen (secondary N) is 1. The van der Waals surface area contributed by atoms with Crippen molar-refractivity contribution in [2.45, 2.75) is 26.6 Å². The number of carbonyl (C=O) groups is 2. The van der Waals surface area contributed by atoms with Crippen molar-refractivity contribution in [1.82, 2.24) is 9.47 Å². The van der Waals surface area contributed by atoms with E-state index in [4.69, 9.17) is 0 Å². The van der Waals surface area contributed by atoms with Gasteiger partial charge in [-0.15, -0.1) is 0 Å². The molecule has 0 saturated heterocycles. The molecule has 2 amide bonds. The van der Waals surface area contributed by atoms with Gasteiger partial charge in [-0.2, -0.15) is 13.2 Å². The number of hydrogen-bond acceptors (Lipinski definition) is 2. The van der Waals surface area contributed by atoms with E-state index in [1.807, 2.05) is 41.8 Å². The number of aromatic nitrogens is 1. The lowest BCUT2D eigenvalue weighted by atomic mass is 10.1. The molecule has 0 aliphatic rings. The fraction of sp³-hybridized carbons (Fsp3) is 0.273. The first-order chi connectivity index (χ1) is 14.2. The molecular weight excluding hydrogens is 395 g/mol. The Morgan fingerprint density at radius 3 is 2.43 bits per heavy atom. The molecule has 3 aromatic rings. The van der Waals surface area contributed by atoms with E-state index < -0.39 is 17.6 Å². The van der Waals surface area contributed by atoms with Crippen molar-refractivity contribution >= 4 is 28.4 Å². The zero-order valence-electron chi connectivity index (χ0n) is 16.7. The van der Waals surface area contributed by atoms with Crippen molar-refractivity contribution in [2.75, 3.05) is 18.4 Å². The smallest absolute Gasteiger partial charge is 0.335 e. The van der Waals surface area contributed by atoms with Crippen LogP contribution in [0.5, 0.6) is 0 Å². The molecule has 0 aliphatic heterocycles. The van der Waals surface area contributed by atoms with Gasteiger partial charge in [0, 0.05) is 17.8 Å². The molecule has 0 spiro atoms. The second-order valence-electron chi connectivity index (χ2n) is 6.93. The summed E-state index contributed by atoms with van der Waals surface area (Å²) in [6.45, 7) is 3.57. The number of hydrogen-bond donors (Lipinski definition) is 1. The maximum Gasteiger partial charge on any atom is 0.418 e. The molecule has 1 N–H and O–H groups in total. The largest absolute Gasteiger partial charge is 0.418 e. The molecule has 1 aromatic heterocycles. The third-order valence-electron chi connectivity index (χ3n) is 4.89. The van der Waals surface area contributed by atoms with Crippen LogP contribution in [0.4, 0.5) is 18.9 Å². The maximum atomic E-state index is 13.1. The van der Waals surface area contributed by atoms with E-state index in [1.54, 1.807) is 6.92 Å². The van der Waals surface area contributed by atoms with E-state index in [-0.39, 0.29) is 31.2 Å². The van der Waals surface area contributed by atoms with E-state index in [0.29, 0.717) is 0 Å². The molecule has 8 heteroatoms. The molecule has 158 valence electrons. The first-order valence-electron chi connectivity index (χ1n) is 9.49. The van der Waals surface area contributed by atoms with Crippen LogP contribution < -0.4 is 5.32 Å². The van der Waals surface area contributed by atoms with Crippen molar-refractivity contribution in [3.63, 3.8) is 0 Å². The minimum atomic E-state index is -4.59. The first kappa shape index (κ1) is 21.4. The monoisotopic (exact) mass is 417 g/mol. The standard InChI is InChI=1S/C22H22F3N3O2/c1-3-27(13-20(29)26-18-10-6-5-9-17(18)22(23,24)25)21(30)14-28-15(2)12-16-8-4-7-11-19(16)28/h4-12H,3,13-14H2,1-2H3,(H,26,29). The second-order valence-corrected chi connectivity index (χ2v) is 6.93. The maximum absolute atomic E-state index is 13.1. The minimum Gasteiger partial charge on any atom is -0.335 e. The summed E-state index contributed by atoms with van der Waals surface area (Å²) in [7, 11) is 0. The zero-order valence-corrected chi connectivity index (χ0v) is 16.7. The molecule has 3 rings (SSSR count). The van der Waals surface area contributed by atoms with Gasteiger partial charge in [0.2, 0.25) is 11.8 Å². The fourth-order valence-corrected chi connectivity index (χ4v) is 3.37. The number of fused-ring (bicyclic) bond motifs is 1. The number of halogens is 3. The van der Waals surface area contributed by atoms with Crippen molar-refractivity contribution in [3.8, 4) is 0 Å². The van der Waals surface area contributed by atoms with Crippen LogP contribution in [0.3, 0.4) is 0 Å². The lowest BCUT2D eigenvalue weighted by molar-refractivity contribution is -0.137. The highest BCUT2D eigenvalue weighted by molar-refractivity contribution is 5.95. The normalized spacial score (nSPS) is 11.5. The second kappa shape index (κ2) is 8.61. The highest BCUT2D eigenvalue weighted by Gasteiger charge is 2.33. The van der Waals surface area contributed by atoms with Gasteiger partial charge in [0.1, 0.15) is 6.54 Å². The Morgan fingerprint density at radius 2 is 1.73 bits per heavy atom. The van der Waals surface area contributed by atoms with Gasteiger partial charge in [0.15, 0.2) is 0 Å². The van der Waals surface area contributed by atoms with Crippen LogP contribution in [0.1, 0.15) is 18.2 Å². The number of carbonyl (C=O) groups excluding carboxylic acids is 2. The molecular formula is C22H22F3N3O2. The van der Waals surface area contributed by atoms with Gasteiger partial charge in [-0.1, -0.05) is 30.3 Å². The topological polar surface area (TPSA) is 54.3 Å². The van der Waals surface area contributed by atoms with Gasteiger partial charge in [0.05, 0.1) is 17.8 Å². The molecule has 0 bridgehead atoms. The van der Waals surface area contributed by atoms with Crippen LogP contribution in [0, 0.1) is 6.92 Å². The first-order valence-corrected chi connectivity index (χ1v) is 9.49. The van der Waals surface area contributed by atoms with Gasteiger partial charge in [-0.05, 0) is 43.5 Å². The summed E-state index contributed by atoms with van der Waals surface area (Å²) in [4.78, 5) is 26.5. The lowest BCUT2D eigenvalue weighted by Gasteiger charge is -2.22. The van der Waals surface area contributed by atoms with Crippen LogP contribution in [0.15, 0.2) is 54.6 Å². The number of alkyl halides is 3. The molecule has 0 saturated carbocycles. The molecule has 30 heavy (non-hydrogen) atoms. The molecule has 5 nitrogen and oxygen atoms in total. The van der Waals surface area contributed by atoms with Crippen LogP contribution in [-0.4, -0.2) is 34.4 Å². The molecule has 0 radical (unpaired) electrons. The van der Waals surface area contributed by atoms with Gasteiger partial charge >= 0.3 is 6.18 Å². The van der Waals surface area contributed by atoms with Crippen molar-refractivity contribution < 1.29 is 22.8 Å². The van der Waals surface area contributed by atoms with E-state index >= 15 is 0 Å². The zero-order chi connectivity index (χ0) is 21.9. The number of amides is 2. The number of para-hydroxylation sites is 2. The fourth-order valence-electron chi connectivity index (χ4n) is 3.37. The Hall–Kier alpha value is -3.29. The number of aryl methyl sites for hydroxylation is 1. The summed E-state index contributed by atoms with van der Waals surface area (Å²) in [6, 6.07) is 14.4. The summed E-state index contributed by atoms with van der Waals surface area (Å²) in [5.74, 6) is -0.975. The Bertz CT molecular complexity index is 1070. The number of anilines is 1. The van der Waals surface area contributed by atoms with Gasteiger partial charge < -0.3 is 14.8 Å². The Labute approximate surface area is 172 Å². The average Bonchev–Trinajstić information content (AvgIpc) is 3.01. The molecule has 1 heterocycles. The summed E-state index contributed by atoms with van der Waals surface area (Å²) < 4.78 is 41.2. The lowest BCUT2D eigenvalue weighted by Crippen LogP contribution is -2.39. The summed E-state index contributed by atoms with van der Waals surface area (Å²) in [5, 5.41) is 3.28. The highest BCUT2D eigenvalue weighted by atomic mass is 19.4. The molecule has 0 atom stereocenters. The van der Waals surface area contributed by atoms with Crippen LogP contribution in [0.2, 0.25) is 0 Å². The molecule has 2 aromatic carbocycles. The van der Waals surface area contributed by atoms with E-state index in [2.05, 4.69) is 5.32 Å². The summed E-state index contributed by atoms with van der Waals surface area (Å²) >= 11 is 0. The van der Waals surface area contributed by atoms with Crippen molar-refractivity contribution in [1.29, 1.82) is 0 Å². The quantitative estimate of drug-likeness (QED) is 0.644. The highest BCUT2D eigenvalue weighted by Crippen LogP contribution is 2.34. The van der Waals surface area contributed by atoms with Gasteiger partial charge in [-0.3, -0.25) is 9.59 Å². The van der Waals surface area contributed by atoms with E-state index in [0.717, 1.165) is 22.7 Å². The number of likely N-dealkylation sites (N-methyl/N-ethyl adjacent to an activating group) is 1. The van der Waals surface area contributed by atoms with Gasteiger partial charge in [0.25, 0.3) is 0 Å². The Kier molecular flexibility index (Phi) is 6.14. The summed E-state index contributed by atoms with van der Waals surface area (Å²) in [6.07, 6.45) is -4.59. The van der Waals surface area contributed by atoms with Crippen LogP contribution >= 0.6 is 0 Å². The minimum absolute atomic E-state index is 0.0413. The predicted molar refractivity (Wildman–Crippen MR) is 109 cm³/mol. The van der Waals surface area contributed by atoms with Crippen LogP contribution in [0.25, 0.3) is 10.9 Å². The van der Waals surface area contributed by atoms with Gasteiger partial charge in [-0.25, -0.2) is 0 Å². The van der Waals surface area contributed by atoms with E-state index in [9.17, 15) is 22.8 Å². The Morgan fingerprint density at radius 1 is 1.07 bits per heavy atom. The molecule has 0 fully saturated rings. The number of rotatable bonds is 6. The Balaban J connectivity index is 1.71. The van der Waals surface area contributed by atoms with E-state index in [1.165, 1.54) is 23.1 Å². The number of benzene rings is 2. The molecule has 0 aliphatic carbocycles.